The van der Waals surface area contributed by atoms with Crippen molar-refractivity contribution in [1.82, 2.24) is 0 Å². The number of hydrogen-bond acceptors (Lipinski definition) is 2. The van der Waals surface area contributed by atoms with Crippen molar-refractivity contribution < 1.29 is 5.11 Å². The number of anilines is 1. The molecular formula is C17H27NO. The van der Waals surface area contributed by atoms with Gasteiger partial charge in [0.2, 0.25) is 0 Å². The summed E-state index contributed by atoms with van der Waals surface area (Å²) in [4.78, 5) is 0. The summed E-state index contributed by atoms with van der Waals surface area (Å²) in [6.45, 7) is 1.93. The minimum atomic E-state index is 0.407. The normalized spacial score (nSPS) is 16.7. The maximum atomic E-state index is 9.91. The molecule has 1 fully saturated rings. The van der Waals surface area contributed by atoms with E-state index in [0.717, 1.165) is 35.6 Å². The Balaban J connectivity index is 1.74. The van der Waals surface area contributed by atoms with Gasteiger partial charge in [0.25, 0.3) is 0 Å². The van der Waals surface area contributed by atoms with Gasteiger partial charge < -0.3 is 10.8 Å². The molecule has 19 heavy (non-hydrogen) atoms. The molecule has 1 aromatic carbocycles. The van der Waals surface area contributed by atoms with E-state index in [9.17, 15) is 5.11 Å². The Kier molecular flexibility index (Phi) is 5.12. The summed E-state index contributed by atoms with van der Waals surface area (Å²) in [5.74, 6) is 1.37. The lowest BCUT2D eigenvalue weighted by atomic mass is 9.85. The van der Waals surface area contributed by atoms with Crippen LogP contribution in [-0.2, 0) is 6.42 Å². The van der Waals surface area contributed by atoms with E-state index in [2.05, 4.69) is 0 Å². The zero-order valence-electron chi connectivity index (χ0n) is 12.1. The highest BCUT2D eigenvalue weighted by Crippen LogP contribution is 2.29. The average molecular weight is 261 g/mol. The van der Waals surface area contributed by atoms with Gasteiger partial charge >= 0.3 is 0 Å². The molecule has 0 heterocycles. The van der Waals surface area contributed by atoms with Crippen molar-refractivity contribution in [1.29, 1.82) is 0 Å². The number of phenolic OH excluding ortho intramolecular Hbond substituents is 1. The summed E-state index contributed by atoms with van der Waals surface area (Å²) in [5, 5.41) is 9.91. The molecule has 0 aromatic heterocycles. The van der Waals surface area contributed by atoms with Crippen LogP contribution in [0.15, 0.2) is 12.1 Å². The predicted octanol–water partition coefficient (Wildman–Crippen LogP) is 4.58. The van der Waals surface area contributed by atoms with E-state index < -0.39 is 0 Å². The highest BCUT2D eigenvalue weighted by Gasteiger charge is 2.12. The monoisotopic (exact) mass is 261 g/mol. The Morgan fingerprint density at radius 3 is 2.63 bits per heavy atom. The number of hydrogen-bond donors (Lipinski definition) is 2. The number of unbranched alkanes of at least 4 members (excludes halogenated alkanes) is 1. The first-order valence-electron chi connectivity index (χ1n) is 7.75. The van der Waals surface area contributed by atoms with Crippen molar-refractivity contribution in [3.05, 3.63) is 23.3 Å². The van der Waals surface area contributed by atoms with Gasteiger partial charge in [0.05, 0.1) is 0 Å². The number of aryl methyl sites for hydroxylation is 2. The van der Waals surface area contributed by atoms with Gasteiger partial charge in [0.15, 0.2) is 0 Å². The van der Waals surface area contributed by atoms with Crippen molar-refractivity contribution in [3.8, 4) is 5.75 Å². The van der Waals surface area contributed by atoms with Crippen molar-refractivity contribution in [2.45, 2.75) is 64.7 Å². The smallest absolute Gasteiger partial charge is 0.119 e. The molecule has 1 aliphatic carbocycles. The molecule has 0 saturated heterocycles. The lowest BCUT2D eigenvalue weighted by Gasteiger charge is -2.21. The first kappa shape index (κ1) is 14.2. The lowest BCUT2D eigenvalue weighted by molar-refractivity contribution is 0.329. The highest BCUT2D eigenvalue weighted by molar-refractivity contribution is 5.53. The van der Waals surface area contributed by atoms with E-state index in [1.807, 2.05) is 13.0 Å². The molecule has 2 rings (SSSR count). The average Bonchev–Trinajstić information content (AvgIpc) is 2.41. The van der Waals surface area contributed by atoms with Crippen LogP contribution in [-0.4, -0.2) is 5.11 Å². The van der Waals surface area contributed by atoms with Crippen molar-refractivity contribution in [3.63, 3.8) is 0 Å². The zero-order chi connectivity index (χ0) is 13.7. The second-order valence-electron chi connectivity index (χ2n) is 6.09. The van der Waals surface area contributed by atoms with Crippen LogP contribution in [0.25, 0.3) is 0 Å². The molecule has 0 atom stereocenters. The van der Waals surface area contributed by atoms with Crippen LogP contribution in [0.3, 0.4) is 0 Å². The second kappa shape index (κ2) is 6.83. The number of nitrogen functional groups attached to an aromatic ring is 1. The summed E-state index contributed by atoms with van der Waals surface area (Å²) in [6, 6.07) is 3.72. The summed E-state index contributed by atoms with van der Waals surface area (Å²) in [6.07, 6.45) is 11.9. The van der Waals surface area contributed by atoms with E-state index in [0.29, 0.717) is 5.75 Å². The van der Waals surface area contributed by atoms with Gasteiger partial charge in [-0.15, -0.1) is 0 Å². The van der Waals surface area contributed by atoms with Crippen LogP contribution in [0.2, 0.25) is 0 Å². The lowest BCUT2D eigenvalue weighted by Crippen LogP contribution is -2.06. The highest BCUT2D eigenvalue weighted by atomic mass is 16.3. The number of rotatable bonds is 5. The summed E-state index contributed by atoms with van der Waals surface area (Å²) < 4.78 is 0. The maximum Gasteiger partial charge on any atom is 0.119 e. The maximum absolute atomic E-state index is 9.91. The van der Waals surface area contributed by atoms with Gasteiger partial charge in [0.1, 0.15) is 5.75 Å². The molecule has 2 nitrogen and oxygen atoms in total. The minimum absolute atomic E-state index is 0.407. The molecule has 106 valence electrons. The Hall–Kier alpha value is -1.18. The molecule has 0 bridgehead atoms. The van der Waals surface area contributed by atoms with Gasteiger partial charge in [0, 0.05) is 5.69 Å². The van der Waals surface area contributed by atoms with Gasteiger partial charge in [-0.05, 0) is 48.9 Å². The Bertz CT molecular complexity index is 408. The number of benzene rings is 1. The molecule has 1 aromatic rings. The predicted molar refractivity (Wildman–Crippen MR) is 81.4 cm³/mol. The van der Waals surface area contributed by atoms with Crippen LogP contribution >= 0.6 is 0 Å². The Labute approximate surface area is 117 Å². The van der Waals surface area contributed by atoms with E-state index >= 15 is 0 Å². The van der Waals surface area contributed by atoms with Gasteiger partial charge in [-0.3, -0.25) is 0 Å². The van der Waals surface area contributed by atoms with E-state index in [1.165, 1.54) is 44.9 Å². The van der Waals surface area contributed by atoms with Gasteiger partial charge in [-0.1, -0.05) is 44.9 Å². The molecule has 0 unspecified atom stereocenters. The van der Waals surface area contributed by atoms with Gasteiger partial charge in [-0.2, -0.15) is 0 Å². The van der Waals surface area contributed by atoms with Crippen LogP contribution in [0, 0.1) is 12.8 Å². The third-order valence-corrected chi connectivity index (χ3v) is 4.50. The molecule has 0 amide bonds. The molecule has 3 N–H and O–H groups in total. The number of phenols is 1. The third-order valence-electron chi connectivity index (χ3n) is 4.50. The third kappa shape index (κ3) is 4.15. The van der Waals surface area contributed by atoms with E-state index in [4.69, 9.17) is 5.73 Å². The molecule has 2 heteroatoms. The number of aromatic hydroxyl groups is 1. The standard InChI is InChI=1S/C17H27NO/c1-13-11-17(19)15(12-16(13)18)10-6-5-9-14-7-3-2-4-8-14/h11-12,14,19H,2-10,18H2,1H3. The number of nitrogens with two attached hydrogens (primary N) is 1. The quantitative estimate of drug-likeness (QED) is 0.463. The van der Waals surface area contributed by atoms with E-state index in [-0.39, 0.29) is 0 Å². The molecular weight excluding hydrogens is 234 g/mol. The SMILES string of the molecule is Cc1cc(O)c(CCCCC2CCCCC2)cc1N. The first-order chi connectivity index (χ1) is 9.16. The molecule has 0 radical (unpaired) electrons. The molecule has 1 aliphatic rings. The fraction of sp³-hybridized carbons (Fsp3) is 0.647. The van der Waals surface area contributed by atoms with Crippen molar-refractivity contribution in [2.24, 2.45) is 5.92 Å². The fourth-order valence-corrected chi connectivity index (χ4v) is 3.18. The van der Waals surface area contributed by atoms with Crippen LogP contribution in [0.1, 0.15) is 62.5 Å². The Morgan fingerprint density at radius 2 is 1.89 bits per heavy atom. The largest absolute Gasteiger partial charge is 0.508 e. The Morgan fingerprint density at radius 1 is 1.16 bits per heavy atom. The topological polar surface area (TPSA) is 46.2 Å². The summed E-state index contributed by atoms with van der Waals surface area (Å²) in [7, 11) is 0. The van der Waals surface area contributed by atoms with Gasteiger partial charge in [-0.25, -0.2) is 0 Å². The van der Waals surface area contributed by atoms with Crippen LogP contribution in [0.4, 0.5) is 5.69 Å². The van der Waals surface area contributed by atoms with E-state index in [1.54, 1.807) is 6.07 Å². The zero-order valence-corrected chi connectivity index (χ0v) is 12.1. The van der Waals surface area contributed by atoms with Crippen molar-refractivity contribution >= 4 is 5.69 Å². The second-order valence-corrected chi connectivity index (χ2v) is 6.09. The summed E-state index contributed by atoms with van der Waals surface area (Å²) >= 11 is 0. The molecule has 1 saturated carbocycles. The van der Waals surface area contributed by atoms with Crippen LogP contribution in [0.5, 0.6) is 5.75 Å². The van der Waals surface area contributed by atoms with Crippen molar-refractivity contribution in [2.75, 3.05) is 5.73 Å². The van der Waals surface area contributed by atoms with Crippen LogP contribution < -0.4 is 5.73 Å². The molecule has 0 aliphatic heterocycles. The molecule has 0 spiro atoms. The minimum Gasteiger partial charge on any atom is -0.508 e. The first-order valence-corrected chi connectivity index (χ1v) is 7.75. The summed E-state index contributed by atoms with van der Waals surface area (Å²) in [5.41, 5.74) is 8.66. The fourth-order valence-electron chi connectivity index (χ4n) is 3.18.